The maximum absolute atomic E-state index is 8.92. The van der Waals surface area contributed by atoms with Gasteiger partial charge in [-0.15, -0.1) is 0 Å². The Morgan fingerprint density at radius 3 is 2.59 bits per heavy atom. The van der Waals surface area contributed by atoms with Crippen LogP contribution in [0.1, 0.15) is 22.6 Å². The number of hydrogen-bond donors (Lipinski definition) is 1. The second-order valence-corrected chi connectivity index (χ2v) is 4.29. The fourth-order valence-corrected chi connectivity index (χ4v) is 1.76. The molecule has 17 heavy (non-hydrogen) atoms. The molecule has 90 valence electrons. The molecule has 0 bridgehead atoms. The molecule has 3 nitrogen and oxygen atoms in total. The Hall–Kier alpha value is -1.61. The van der Waals surface area contributed by atoms with Crippen LogP contribution in [-0.4, -0.2) is 16.7 Å². The predicted molar refractivity (Wildman–Crippen MR) is 66.9 cm³/mol. The number of aromatic nitrogens is 1. The average Bonchev–Trinajstić information content (AvgIpc) is 2.65. The van der Waals surface area contributed by atoms with Gasteiger partial charge < -0.3 is 9.52 Å². The van der Waals surface area contributed by atoms with Crippen LogP contribution in [0.25, 0.3) is 11.5 Å². The second-order valence-electron chi connectivity index (χ2n) is 4.29. The first-order valence-corrected chi connectivity index (χ1v) is 5.76. The predicted octanol–water partition coefficient (Wildman–Crippen LogP) is 2.80. The van der Waals surface area contributed by atoms with E-state index in [0.717, 1.165) is 17.0 Å². The molecule has 0 saturated carbocycles. The van der Waals surface area contributed by atoms with Crippen LogP contribution < -0.4 is 0 Å². The third-order valence-corrected chi connectivity index (χ3v) is 3.00. The van der Waals surface area contributed by atoms with Crippen LogP contribution in [0.3, 0.4) is 0 Å². The highest BCUT2D eigenvalue weighted by atomic mass is 16.4. The second kappa shape index (κ2) is 4.72. The van der Waals surface area contributed by atoms with Crippen LogP contribution in [0.2, 0.25) is 0 Å². The van der Waals surface area contributed by atoms with Gasteiger partial charge in [0.15, 0.2) is 0 Å². The Labute approximate surface area is 101 Å². The number of hydrogen-bond acceptors (Lipinski definition) is 3. The Morgan fingerprint density at radius 1 is 1.18 bits per heavy atom. The molecular formula is C14H17NO2. The van der Waals surface area contributed by atoms with Crippen LogP contribution in [0.15, 0.2) is 22.6 Å². The van der Waals surface area contributed by atoms with Gasteiger partial charge in [0.25, 0.3) is 0 Å². The van der Waals surface area contributed by atoms with Crippen molar-refractivity contribution in [1.82, 2.24) is 4.98 Å². The number of aryl methyl sites for hydroxylation is 3. The lowest BCUT2D eigenvalue weighted by Gasteiger charge is -2.01. The third-order valence-electron chi connectivity index (χ3n) is 3.00. The first-order chi connectivity index (χ1) is 8.11. The van der Waals surface area contributed by atoms with Gasteiger partial charge in [0.05, 0.1) is 5.69 Å². The Balaban J connectivity index is 2.39. The van der Waals surface area contributed by atoms with Crippen molar-refractivity contribution in [2.75, 3.05) is 6.61 Å². The van der Waals surface area contributed by atoms with Crippen molar-refractivity contribution >= 4 is 0 Å². The SMILES string of the molecule is Cc1ccc(-c2nc(CCO)c(C)o2)cc1C. The standard InChI is InChI=1S/C14H17NO2/c1-9-4-5-12(8-10(9)2)14-15-13(6-7-16)11(3)17-14/h4-5,8,16H,6-7H2,1-3H3. The van der Waals surface area contributed by atoms with E-state index < -0.39 is 0 Å². The molecule has 0 saturated heterocycles. The molecule has 0 aliphatic heterocycles. The third kappa shape index (κ3) is 2.39. The summed E-state index contributed by atoms with van der Waals surface area (Å²) in [5.41, 5.74) is 4.30. The normalized spacial score (nSPS) is 10.8. The molecule has 0 fully saturated rings. The topological polar surface area (TPSA) is 46.3 Å². The molecule has 2 aromatic rings. The van der Waals surface area contributed by atoms with Crippen molar-refractivity contribution in [3.05, 3.63) is 40.8 Å². The number of rotatable bonds is 3. The minimum atomic E-state index is 0.0970. The number of nitrogens with zero attached hydrogens (tertiary/aromatic N) is 1. The van der Waals surface area contributed by atoms with E-state index in [-0.39, 0.29) is 6.61 Å². The summed E-state index contributed by atoms with van der Waals surface area (Å²) in [6.07, 6.45) is 0.542. The van der Waals surface area contributed by atoms with Crippen molar-refractivity contribution < 1.29 is 9.52 Å². The summed E-state index contributed by atoms with van der Waals surface area (Å²) in [6, 6.07) is 6.15. The van der Waals surface area contributed by atoms with Crippen LogP contribution in [0.4, 0.5) is 0 Å². The molecule has 0 spiro atoms. The zero-order valence-electron chi connectivity index (χ0n) is 10.4. The fourth-order valence-electron chi connectivity index (χ4n) is 1.76. The summed E-state index contributed by atoms with van der Waals surface area (Å²) in [5, 5.41) is 8.92. The summed E-state index contributed by atoms with van der Waals surface area (Å²) < 4.78 is 5.63. The van der Waals surface area contributed by atoms with Crippen molar-refractivity contribution in [3.8, 4) is 11.5 Å². The highest BCUT2D eigenvalue weighted by Gasteiger charge is 2.11. The zero-order valence-corrected chi connectivity index (χ0v) is 10.4. The molecule has 1 aromatic heterocycles. The van der Waals surface area contributed by atoms with Crippen LogP contribution >= 0.6 is 0 Å². The van der Waals surface area contributed by atoms with E-state index in [2.05, 4.69) is 31.0 Å². The van der Waals surface area contributed by atoms with Crippen LogP contribution in [-0.2, 0) is 6.42 Å². The highest BCUT2D eigenvalue weighted by Crippen LogP contribution is 2.23. The van der Waals surface area contributed by atoms with Crippen molar-refractivity contribution in [2.24, 2.45) is 0 Å². The minimum absolute atomic E-state index is 0.0970. The van der Waals surface area contributed by atoms with Gasteiger partial charge in [-0.2, -0.15) is 0 Å². The quantitative estimate of drug-likeness (QED) is 0.883. The van der Waals surface area contributed by atoms with E-state index >= 15 is 0 Å². The van der Waals surface area contributed by atoms with Crippen molar-refractivity contribution in [1.29, 1.82) is 0 Å². The van der Waals surface area contributed by atoms with E-state index in [1.807, 2.05) is 13.0 Å². The molecule has 0 aliphatic carbocycles. The average molecular weight is 231 g/mol. The summed E-state index contributed by atoms with van der Waals surface area (Å²) >= 11 is 0. The van der Waals surface area contributed by atoms with Gasteiger partial charge in [0, 0.05) is 18.6 Å². The Kier molecular flexibility index (Phi) is 3.29. The lowest BCUT2D eigenvalue weighted by atomic mass is 10.1. The molecule has 0 aliphatic rings. The molecule has 1 N–H and O–H groups in total. The van der Waals surface area contributed by atoms with Gasteiger partial charge in [-0.1, -0.05) is 6.07 Å². The van der Waals surface area contributed by atoms with E-state index in [4.69, 9.17) is 9.52 Å². The van der Waals surface area contributed by atoms with E-state index in [0.29, 0.717) is 12.3 Å². The highest BCUT2D eigenvalue weighted by molar-refractivity contribution is 5.56. The molecule has 1 heterocycles. The summed E-state index contributed by atoms with van der Waals surface area (Å²) in [5.74, 6) is 1.42. The number of oxazole rings is 1. The first kappa shape index (κ1) is 11.9. The Bertz CT molecular complexity index is 529. The van der Waals surface area contributed by atoms with E-state index in [1.165, 1.54) is 11.1 Å². The van der Waals surface area contributed by atoms with Crippen molar-refractivity contribution in [2.45, 2.75) is 27.2 Å². The van der Waals surface area contributed by atoms with Gasteiger partial charge in [0.1, 0.15) is 5.76 Å². The molecule has 0 unspecified atom stereocenters. The summed E-state index contributed by atoms with van der Waals surface area (Å²) in [6.45, 7) is 6.13. The van der Waals surface area contributed by atoms with Gasteiger partial charge in [0.2, 0.25) is 5.89 Å². The van der Waals surface area contributed by atoms with Gasteiger partial charge in [-0.05, 0) is 44.0 Å². The maximum Gasteiger partial charge on any atom is 0.226 e. The number of aliphatic hydroxyl groups is 1. The van der Waals surface area contributed by atoms with Gasteiger partial charge in [-0.25, -0.2) is 4.98 Å². The molecular weight excluding hydrogens is 214 g/mol. The lowest BCUT2D eigenvalue weighted by molar-refractivity contribution is 0.297. The summed E-state index contributed by atoms with van der Waals surface area (Å²) in [7, 11) is 0. The van der Waals surface area contributed by atoms with Gasteiger partial charge >= 0.3 is 0 Å². The fraction of sp³-hybridized carbons (Fsp3) is 0.357. The zero-order chi connectivity index (χ0) is 12.4. The molecule has 0 radical (unpaired) electrons. The number of aliphatic hydroxyl groups excluding tert-OH is 1. The van der Waals surface area contributed by atoms with Crippen molar-refractivity contribution in [3.63, 3.8) is 0 Å². The maximum atomic E-state index is 8.92. The Morgan fingerprint density at radius 2 is 1.94 bits per heavy atom. The largest absolute Gasteiger partial charge is 0.441 e. The molecule has 0 amide bonds. The van der Waals surface area contributed by atoms with Crippen LogP contribution in [0.5, 0.6) is 0 Å². The minimum Gasteiger partial charge on any atom is -0.441 e. The number of benzene rings is 1. The van der Waals surface area contributed by atoms with E-state index in [9.17, 15) is 0 Å². The molecule has 1 aromatic carbocycles. The molecule has 2 rings (SSSR count). The molecule has 0 atom stereocenters. The summed E-state index contributed by atoms with van der Waals surface area (Å²) in [4.78, 5) is 4.41. The van der Waals surface area contributed by atoms with Crippen LogP contribution in [0, 0.1) is 20.8 Å². The smallest absolute Gasteiger partial charge is 0.226 e. The monoisotopic (exact) mass is 231 g/mol. The first-order valence-electron chi connectivity index (χ1n) is 5.76. The van der Waals surface area contributed by atoms with Gasteiger partial charge in [-0.3, -0.25) is 0 Å². The van der Waals surface area contributed by atoms with E-state index in [1.54, 1.807) is 0 Å². The molecule has 3 heteroatoms. The lowest BCUT2D eigenvalue weighted by Crippen LogP contribution is -1.92.